The molecule has 2 fully saturated rings. The van der Waals surface area contributed by atoms with Crippen LogP contribution in [0.25, 0.3) is 0 Å². The van der Waals surface area contributed by atoms with Crippen LogP contribution >= 0.6 is 0 Å². The van der Waals surface area contributed by atoms with Crippen molar-refractivity contribution in [3.63, 3.8) is 0 Å². The first kappa shape index (κ1) is 10.4. The summed E-state index contributed by atoms with van der Waals surface area (Å²) in [7, 11) is 0. The van der Waals surface area contributed by atoms with E-state index in [1.54, 1.807) is 0 Å². The molecule has 0 N–H and O–H groups in total. The van der Waals surface area contributed by atoms with Crippen LogP contribution in [0.2, 0.25) is 0 Å². The Morgan fingerprint density at radius 1 is 1.50 bits per heavy atom. The largest absolute Gasteiger partial charge is 0.377 e. The number of nitrogens with zero attached hydrogens (tertiary/aromatic N) is 1. The lowest BCUT2D eigenvalue weighted by Gasteiger charge is -2.53. The predicted molar refractivity (Wildman–Crippen MR) is 54.1 cm³/mol. The molecule has 3 atom stereocenters. The van der Waals surface area contributed by atoms with Crippen LogP contribution in [-0.2, 0) is 4.74 Å². The second kappa shape index (κ2) is 3.46. The molecule has 14 heavy (non-hydrogen) atoms. The fourth-order valence-corrected chi connectivity index (χ4v) is 2.92. The maximum Gasteiger partial charge on any atom is 0.115 e. The number of halogens is 1. The first-order chi connectivity index (χ1) is 6.53. The molecule has 2 rings (SSSR count). The molecule has 0 aromatic heterocycles. The quantitative estimate of drug-likeness (QED) is 0.692. The van der Waals surface area contributed by atoms with E-state index >= 15 is 0 Å². The standard InChI is InChI=1S/C11H20FNO/c1-8(2)14-7-11-4-9(3)13(11)6-10(12)5-11/h8-10H,4-7H2,1-3H3/t9-,10+,11+/m0/s1. The van der Waals surface area contributed by atoms with Gasteiger partial charge in [-0.3, -0.25) is 4.90 Å². The smallest absolute Gasteiger partial charge is 0.115 e. The van der Waals surface area contributed by atoms with Gasteiger partial charge in [0.1, 0.15) is 6.17 Å². The predicted octanol–water partition coefficient (Wildman–Crippen LogP) is 1.99. The maximum atomic E-state index is 13.3. The van der Waals surface area contributed by atoms with Gasteiger partial charge in [0.25, 0.3) is 0 Å². The highest BCUT2D eigenvalue weighted by molar-refractivity contribution is 5.10. The molecule has 0 aromatic rings. The molecule has 82 valence electrons. The lowest BCUT2D eigenvalue weighted by Crippen LogP contribution is -2.63. The maximum absolute atomic E-state index is 13.3. The Labute approximate surface area is 85.4 Å². The van der Waals surface area contributed by atoms with Crippen molar-refractivity contribution in [3.05, 3.63) is 0 Å². The fraction of sp³-hybridized carbons (Fsp3) is 1.00. The minimum Gasteiger partial charge on any atom is -0.377 e. The molecule has 2 nitrogen and oxygen atoms in total. The van der Waals surface area contributed by atoms with Gasteiger partial charge in [-0.2, -0.15) is 0 Å². The molecule has 2 aliphatic rings. The van der Waals surface area contributed by atoms with Crippen LogP contribution in [0.1, 0.15) is 33.6 Å². The van der Waals surface area contributed by atoms with E-state index in [0.717, 1.165) is 6.42 Å². The molecule has 0 bridgehead atoms. The van der Waals surface area contributed by atoms with Gasteiger partial charge < -0.3 is 4.74 Å². The van der Waals surface area contributed by atoms with Crippen molar-refractivity contribution in [2.45, 2.75) is 57.5 Å². The Hall–Kier alpha value is -0.150. The lowest BCUT2D eigenvalue weighted by atomic mass is 9.80. The zero-order valence-corrected chi connectivity index (χ0v) is 9.29. The number of hydrogen-bond acceptors (Lipinski definition) is 2. The van der Waals surface area contributed by atoms with Crippen molar-refractivity contribution in [1.82, 2.24) is 4.90 Å². The highest BCUT2D eigenvalue weighted by atomic mass is 19.1. The summed E-state index contributed by atoms with van der Waals surface area (Å²) in [5.41, 5.74) is 0.0447. The summed E-state index contributed by atoms with van der Waals surface area (Å²) in [6.07, 6.45) is 1.38. The van der Waals surface area contributed by atoms with E-state index in [0.29, 0.717) is 25.6 Å². The molecule has 3 heteroatoms. The van der Waals surface area contributed by atoms with E-state index in [2.05, 4.69) is 11.8 Å². The van der Waals surface area contributed by atoms with Crippen LogP contribution in [0, 0.1) is 0 Å². The van der Waals surface area contributed by atoms with Gasteiger partial charge in [-0.1, -0.05) is 0 Å². The average molecular weight is 201 g/mol. The minimum absolute atomic E-state index is 0.0447. The van der Waals surface area contributed by atoms with Crippen molar-refractivity contribution in [2.24, 2.45) is 0 Å². The zero-order chi connectivity index (χ0) is 10.3. The molecular weight excluding hydrogens is 181 g/mol. The Morgan fingerprint density at radius 2 is 2.21 bits per heavy atom. The topological polar surface area (TPSA) is 12.5 Å². The normalized spacial score (nSPS) is 42.6. The summed E-state index contributed by atoms with van der Waals surface area (Å²) in [6, 6.07) is 0.548. The molecule has 0 amide bonds. The summed E-state index contributed by atoms with van der Waals surface area (Å²) >= 11 is 0. The fourth-order valence-electron chi connectivity index (χ4n) is 2.92. The van der Waals surface area contributed by atoms with E-state index in [1.165, 1.54) is 0 Å². The third kappa shape index (κ3) is 1.57. The van der Waals surface area contributed by atoms with Crippen molar-refractivity contribution in [1.29, 1.82) is 0 Å². The van der Waals surface area contributed by atoms with Gasteiger partial charge in [0.05, 0.1) is 12.7 Å². The summed E-state index contributed by atoms with van der Waals surface area (Å²) in [6.45, 7) is 7.56. The monoisotopic (exact) mass is 201 g/mol. The van der Waals surface area contributed by atoms with Crippen LogP contribution in [0.4, 0.5) is 4.39 Å². The van der Waals surface area contributed by atoms with Gasteiger partial charge in [0.2, 0.25) is 0 Å². The molecule has 2 saturated heterocycles. The molecule has 0 saturated carbocycles. The number of rotatable bonds is 3. The molecule has 0 aromatic carbocycles. The second-order valence-electron chi connectivity index (χ2n) is 5.09. The van der Waals surface area contributed by atoms with E-state index in [4.69, 9.17) is 4.74 Å². The first-order valence-corrected chi connectivity index (χ1v) is 5.56. The van der Waals surface area contributed by atoms with Crippen LogP contribution < -0.4 is 0 Å². The van der Waals surface area contributed by atoms with Crippen molar-refractivity contribution < 1.29 is 9.13 Å². The summed E-state index contributed by atoms with van der Waals surface area (Å²) < 4.78 is 18.9. The molecule has 0 aliphatic carbocycles. The molecule has 0 unspecified atom stereocenters. The van der Waals surface area contributed by atoms with Gasteiger partial charge in [-0.15, -0.1) is 0 Å². The molecular formula is C11H20FNO. The van der Waals surface area contributed by atoms with Crippen LogP contribution in [0.15, 0.2) is 0 Å². The van der Waals surface area contributed by atoms with Crippen LogP contribution in [-0.4, -0.2) is 41.9 Å². The number of hydrogen-bond donors (Lipinski definition) is 0. The number of ether oxygens (including phenoxy) is 1. The Morgan fingerprint density at radius 3 is 2.79 bits per heavy atom. The van der Waals surface area contributed by atoms with Gasteiger partial charge in [0.15, 0.2) is 0 Å². The summed E-state index contributed by atoms with van der Waals surface area (Å²) in [4.78, 5) is 2.28. The van der Waals surface area contributed by atoms with E-state index in [1.807, 2.05) is 13.8 Å². The van der Waals surface area contributed by atoms with Gasteiger partial charge in [0, 0.05) is 24.5 Å². The van der Waals surface area contributed by atoms with Crippen LogP contribution in [0.5, 0.6) is 0 Å². The average Bonchev–Trinajstić information content (AvgIpc) is 2.35. The Balaban J connectivity index is 1.95. The van der Waals surface area contributed by atoms with Gasteiger partial charge in [-0.05, 0) is 27.2 Å². The summed E-state index contributed by atoms with van der Waals surface area (Å²) in [5.74, 6) is 0. The van der Waals surface area contributed by atoms with E-state index in [-0.39, 0.29) is 11.6 Å². The molecule has 2 heterocycles. The Bertz CT molecular complexity index is 221. The second-order valence-corrected chi connectivity index (χ2v) is 5.09. The SMILES string of the molecule is CC(C)OC[C@@]12C[C@@H](F)CN1[C@@H](C)C2. The van der Waals surface area contributed by atoms with Gasteiger partial charge in [-0.25, -0.2) is 4.39 Å². The zero-order valence-electron chi connectivity index (χ0n) is 9.29. The Kier molecular flexibility index (Phi) is 2.56. The van der Waals surface area contributed by atoms with E-state index < -0.39 is 6.17 Å². The minimum atomic E-state index is -0.643. The van der Waals surface area contributed by atoms with Crippen molar-refractivity contribution in [2.75, 3.05) is 13.2 Å². The number of fused-ring (bicyclic) bond motifs is 1. The molecule has 0 radical (unpaired) electrons. The third-order valence-electron chi connectivity index (χ3n) is 3.50. The van der Waals surface area contributed by atoms with Crippen molar-refractivity contribution >= 4 is 0 Å². The first-order valence-electron chi connectivity index (χ1n) is 5.56. The summed E-state index contributed by atoms with van der Waals surface area (Å²) in [5, 5.41) is 0. The number of alkyl halides is 1. The van der Waals surface area contributed by atoms with Crippen molar-refractivity contribution in [3.8, 4) is 0 Å². The van der Waals surface area contributed by atoms with E-state index in [9.17, 15) is 4.39 Å². The highest BCUT2D eigenvalue weighted by Gasteiger charge is 2.56. The van der Waals surface area contributed by atoms with Crippen LogP contribution in [0.3, 0.4) is 0 Å². The van der Waals surface area contributed by atoms with Gasteiger partial charge >= 0.3 is 0 Å². The highest BCUT2D eigenvalue weighted by Crippen LogP contribution is 2.46. The molecule has 0 spiro atoms. The third-order valence-corrected chi connectivity index (χ3v) is 3.50. The lowest BCUT2D eigenvalue weighted by molar-refractivity contribution is -0.0960. The molecule has 2 aliphatic heterocycles.